The fourth-order valence-corrected chi connectivity index (χ4v) is 8.06. The highest BCUT2D eigenvalue weighted by atomic mass is 32.2. The van der Waals surface area contributed by atoms with Gasteiger partial charge >= 0.3 is 6.03 Å². The van der Waals surface area contributed by atoms with Gasteiger partial charge in [0.2, 0.25) is 27.6 Å². The third-order valence-electron chi connectivity index (χ3n) is 10.7. The van der Waals surface area contributed by atoms with Crippen molar-refractivity contribution in [3.63, 3.8) is 0 Å². The number of sulfonamides is 1. The minimum absolute atomic E-state index is 0.0587. The second-order valence-corrected chi connectivity index (χ2v) is 17.8. The number of urea groups is 1. The lowest BCUT2D eigenvalue weighted by atomic mass is 9.83. The Balaban J connectivity index is 1.58. The molecular weight excluding hydrogens is 664 g/mol. The van der Waals surface area contributed by atoms with Gasteiger partial charge in [-0.15, -0.1) is 6.58 Å². The van der Waals surface area contributed by atoms with Crippen molar-refractivity contribution >= 4 is 39.6 Å². The molecule has 6 atom stereocenters. The molecule has 15 heteroatoms. The van der Waals surface area contributed by atoms with Crippen LogP contribution in [0.5, 0.6) is 0 Å². The highest BCUT2D eigenvalue weighted by Gasteiger charge is 2.56. The summed E-state index contributed by atoms with van der Waals surface area (Å²) in [6, 6.07) is -4.06. The molecular formula is C35H58N6O8S. The van der Waals surface area contributed by atoms with Gasteiger partial charge in [-0.05, 0) is 57.3 Å². The van der Waals surface area contributed by atoms with Gasteiger partial charge in [0.25, 0.3) is 5.91 Å². The molecule has 2 aliphatic heterocycles. The molecule has 4 fully saturated rings. The van der Waals surface area contributed by atoms with Crippen molar-refractivity contribution in [3.8, 4) is 0 Å². The van der Waals surface area contributed by atoms with E-state index in [1.165, 1.54) is 22.3 Å². The first-order valence-corrected chi connectivity index (χ1v) is 20.0. The number of amides is 5. The van der Waals surface area contributed by atoms with Crippen molar-refractivity contribution in [2.45, 2.75) is 121 Å². The maximum Gasteiger partial charge on any atom is 0.315 e. The van der Waals surface area contributed by atoms with Crippen LogP contribution in [0.1, 0.15) is 85.5 Å². The Morgan fingerprint density at radius 3 is 2.26 bits per heavy atom. The van der Waals surface area contributed by atoms with E-state index in [1.807, 2.05) is 27.7 Å². The van der Waals surface area contributed by atoms with Gasteiger partial charge in [-0.1, -0.05) is 52.0 Å². The van der Waals surface area contributed by atoms with E-state index in [0.717, 1.165) is 51.2 Å². The van der Waals surface area contributed by atoms with Crippen LogP contribution < -0.4 is 21.3 Å². The lowest BCUT2D eigenvalue weighted by Crippen LogP contribution is -2.61. The Morgan fingerprint density at radius 1 is 1.02 bits per heavy atom. The van der Waals surface area contributed by atoms with Crippen LogP contribution in [-0.4, -0.2) is 116 Å². The van der Waals surface area contributed by atoms with Crippen LogP contribution in [0.2, 0.25) is 0 Å². The van der Waals surface area contributed by atoms with Gasteiger partial charge in [-0.25, -0.2) is 17.5 Å². The Bertz CT molecular complexity index is 1390. The van der Waals surface area contributed by atoms with Crippen molar-refractivity contribution in [1.82, 2.24) is 30.5 Å². The largest absolute Gasteiger partial charge is 0.370 e. The number of fused-ring (bicyclic) bond motifs is 1. The van der Waals surface area contributed by atoms with Crippen LogP contribution in [-0.2, 0) is 33.9 Å². The van der Waals surface area contributed by atoms with Crippen LogP contribution >= 0.6 is 0 Å². The number of rotatable bonds is 16. The van der Waals surface area contributed by atoms with Gasteiger partial charge in [0.15, 0.2) is 0 Å². The van der Waals surface area contributed by atoms with Crippen LogP contribution in [0.3, 0.4) is 0 Å². The number of carbonyl (C=O) groups excluding carboxylic acids is 5. The van der Waals surface area contributed by atoms with Gasteiger partial charge in [-0.2, -0.15) is 0 Å². The first-order valence-electron chi connectivity index (χ1n) is 18.1. The number of nitrogens with zero attached hydrogens (tertiary/aromatic N) is 2. The summed E-state index contributed by atoms with van der Waals surface area (Å²) >= 11 is 0. The normalized spacial score (nSPS) is 25.4. The fraction of sp³-hybridized carbons (Fsp3) is 0.800. The van der Waals surface area contributed by atoms with Gasteiger partial charge < -0.3 is 30.9 Å². The summed E-state index contributed by atoms with van der Waals surface area (Å²) < 4.78 is 31.7. The molecule has 4 N–H and O–H groups in total. The molecule has 0 radical (unpaired) electrons. The molecule has 14 nitrogen and oxygen atoms in total. The number of hydrogen-bond acceptors (Lipinski definition) is 8. The third-order valence-corrected chi connectivity index (χ3v) is 12.0. The van der Waals surface area contributed by atoms with E-state index in [-0.39, 0.29) is 43.3 Å². The third kappa shape index (κ3) is 10.3. The topological polar surface area (TPSA) is 183 Å². The quantitative estimate of drug-likeness (QED) is 0.137. The van der Waals surface area contributed by atoms with E-state index in [2.05, 4.69) is 27.8 Å². The number of Topliss-reactive ketones (excluding diaryl/α,β-unsaturated/α-hetero) is 1. The minimum Gasteiger partial charge on any atom is -0.370 e. The van der Waals surface area contributed by atoms with Crippen molar-refractivity contribution in [1.29, 1.82) is 0 Å². The molecule has 282 valence electrons. The van der Waals surface area contributed by atoms with E-state index < -0.39 is 75.4 Å². The number of carbonyl (C=O) groups is 5. The summed E-state index contributed by atoms with van der Waals surface area (Å²) in [5.74, 6) is -2.84. The lowest BCUT2D eigenvalue weighted by molar-refractivity contribution is -0.144. The second kappa shape index (κ2) is 16.5. The summed E-state index contributed by atoms with van der Waals surface area (Å²) in [6.07, 6.45) is 9.08. The fourth-order valence-electron chi connectivity index (χ4n) is 7.63. The monoisotopic (exact) mass is 722 g/mol. The maximum absolute atomic E-state index is 14.7. The van der Waals surface area contributed by atoms with E-state index in [9.17, 15) is 32.4 Å². The smallest absolute Gasteiger partial charge is 0.315 e. The van der Waals surface area contributed by atoms with Crippen molar-refractivity contribution in [2.75, 3.05) is 32.9 Å². The second-order valence-electron chi connectivity index (χ2n) is 15.7. The summed E-state index contributed by atoms with van der Waals surface area (Å²) in [5, 5.41) is 11.2. The van der Waals surface area contributed by atoms with Gasteiger partial charge in [-0.3, -0.25) is 19.2 Å². The number of nitrogens with one attached hydrogen (secondary N) is 4. The van der Waals surface area contributed by atoms with Gasteiger partial charge in [0.05, 0.1) is 24.0 Å². The summed E-state index contributed by atoms with van der Waals surface area (Å²) in [4.78, 5) is 69.9. The van der Waals surface area contributed by atoms with Gasteiger partial charge in [0.1, 0.15) is 12.1 Å². The molecule has 2 aliphatic carbocycles. The van der Waals surface area contributed by atoms with E-state index in [0.29, 0.717) is 12.8 Å². The first kappa shape index (κ1) is 39.7. The van der Waals surface area contributed by atoms with Crippen LogP contribution in [0, 0.1) is 23.7 Å². The summed E-state index contributed by atoms with van der Waals surface area (Å²) in [7, 11) is -2.03. The standard InChI is InChI=1S/C35H58N6O8S/c1-8-16-36-32(44)30(42)25(17-22-14-15-22)37-31(43)29-24-18-35(4,5)49-27(24)20-41(29)33(45)28(23-12-10-9-11-13-23)39-34(46)38-26(21(2)3)19-40(6)50(7,47)48/h8,21-29H,1,9-20H2,2-7H3,(H,36,44)(H,37,43)(H2,38,39,46)/t24-,25?,26+,27-,28-,29-/m0/s1. The first-order chi connectivity index (χ1) is 23.4. The molecule has 0 spiro atoms. The molecule has 2 heterocycles. The molecule has 1 unspecified atom stereocenters. The Labute approximate surface area is 297 Å². The Morgan fingerprint density at radius 2 is 1.68 bits per heavy atom. The average molecular weight is 723 g/mol. The van der Waals surface area contributed by atoms with E-state index in [4.69, 9.17) is 4.74 Å². The zero-order valence-corrected chi connectivity index (χ0v) is 31.4. The number of likely N-dealkylation sites (N-methyl/N-ethyl adjacent to an activating group) is 1. The van der Waals surface area contributed by atoms with Gasteiger partial charge in [0, 0.05) is 38.6 Å². The molecule has 4 rings (SSSR count). The minimum atomic E-state index is -3.48. The molecule has 5 amide bonds. The number of likely N-dealkylation sites (tertiary alicyclic amines) is 1. The lowest BCUT2D eigenvalue weighted by Gasteiger charge is -2.36. The molecule has 0 aromatic carbocycles. The Kier molecular flexibility index (Phi) is 13.1. The van der Waals surface area contributed by atoms with Crippen LogP contribution in [0.25, 0.3) is 0 Å². The molecule has 0 bridgehead atoms. The predicted molar refractivity (Wildman–Crippen MR) is 188 cm³/mol. The van der Waals surface area contributed by atoms with E-state index >= 15 is 0 Å². The molecule has 4 aliphatic rings. The predicted octanol–water partition coefficient (Wildman–Crippen LogP) is 1.70. The average Bonchev–Trinajstić information content (AvgIpc) is 3.73. The summed E-state index contributed by atoms with van der Waals surface area (Å²) in [5.41, 5.74) is -0.525. The van der Waals surface area contributed by atoms with Crippen LogP contribution in [0.15, 0.2) is 12.7 Å². The molecule has 2 saturated heterocycles. The number of hydrogen-bond donors (Lipinski definition) is 4. The molecule has 0 aromatic heterocycles. The number of ketones is 1. The Hall–Kier alpha value is -3.04. The molecule has 0 aromatic rings. The van der Waals surface area contributed by atoms with E-state index in [1.54, 1.807) is 0 Å². The highest BCUT2D eigenvalue weighted by molar-refractivity contribution is 7.88. The molecule has 50 heavy (non-hydrogen) atoms. The maximum atomic E-state index is 14.7. The summed E-state index contributed by atoms with van der Waals surface area (Å²) in [6.45, 7) is 11.5. The molecule has 2 saturated carbocycles. The highest BCUT2D eigenvalue weighted by Crippen LogP contribution is 2.44. The van der Waals surface area contributed by atoms with Crippen LogP contribution in [0.4, 0.5) is 4.79 Å². The van der Waals surface area contributed by atoms with Crippen molar-refractivity contribution in [2.24, 2.45) is 23.7 Å². The SMILES string of the molecule is C=CCNC(=O)C(=O)C(CC1CC1)NC(=O)[C@@H]1[C@H]2CC(C)(C)O[C@H]2CN1C(=O)[C@@H](NC(=O)N[C@H](CN(C)S(C)(=O)=O)C(C)C)C1CCCCC1. The zero-order chi connectivity index (χ0) is 37.0. The van der Waals surface area contributed by atoms with Crippen molar-refractivity contribution in [3.05, 3.63) is 12.7 Å². The van der Waals surface area contributed by atoms with Crippen molar-refractivity contribution < 1.29 is 37.1 Å². The zero-order valence-electron chi connectivity index (χ0n) is 30.5. The number of ether oxygens (including phenoxy) is 1.